The van der Waals surface area contributed by atoms with Crippen LogP contribution in [-0.2, 0) is 18.4 Å². The number of aliphatic carboxylic acids is 1. The number of urea groups is 1. The van der Waals surface area contributed by atoms with Crippen LogP contribution in [0.3, 0.4) is 0 Å². The molecule has 0 bridgehead atoms. The standard InChI is InChI=1S/C13H20N4O3/c1-9(12(18)19)11-7-17(8-11)13(20)15(2)5-10-4-14-16(3)6-10/h4,6,9,11H,5,7-8H2,1-3H3,(H,18,19). The molecule has 0 spiro atoms. The number of aromatic nitrogens is 2. The van der Waals surface area contributed by atoms with Gasteiger partial charge in [-0.2, -0.15) is 5.10 Å². The summed E-state index contributed by atoms with van der Waals surface area (Å²) >= 11 is 0. The van der Waals surface area contributed by atoms with E-state index in [1.54, 1.807) is 34.6 Å². The summed E-state index contributed by atoms with van der Waals surface area (Å²) in [5.41, 5.74) is 0.972. The molecular weight excluding hydrogens is 260 g/mol. The molecule has 1 unspecified atom stereocenters. The molecule has 2 rings (SSSR count). The Kier molecular flexibility index (Phi) is 3.96. The average Bonchev–Trinajstić information content (AvgIpc) is 2.72. The molecule has 7 nitrogen and oxygen atoms in total. The van der Waals surface area contributed by atoms with E-state index in [2.05, 4.69) is 5.10 Å². The van der Waals surface area contributed by atoms with Gasteiger partial charge in [-0.05, 0) is 0 Å². The molecule has 0 saturated carbocycles. The van der Waals surface area contributed by atoms with E-state index in [9.17, 15) is 9.59 Å². The Bertz CT molecular complexity index is 507. The smallest absolute Gasteiger partial charge is 0.320 e. The van der Waals surface area contributed by atoms with E-state index in [0.717, 1.165) is 5.56 Å². The third-order valence-corrected chi connectivity index (χ3v) is 3.78. The Labute approximate surface area is 117 Å². The van der Waals surface area contributed by atoms with Crippen molar-refractivity contribution < 1.29 is 14.7 Å². The summed E-state index contributed by atoms with van der Waals surface area (Å²) in [6, 6.07) is -0.0670. The third-order valence-electron chi connectivity index (χ3n) is 3.78. The third kappa shape index (κ3) is 2.92. The molecule has 0 aromatic carbocycles. The van der Waals surface area contributed by atoms with Crippen molar-refractivity contribution in [2.75, 3.05) is 20.1 Å². The molecule has 1 aliphatic rings. The summed E-state index contributed by atoms with van der Waals surface area (Å²) in [6.07, 6.45) is 3.60. The number of nitrogens with zero attached hydrogens (tertiary/aromatic N) is 4. The van der Waals surface area contributed by atoms with E-state index in [1.807, 2.05) is 13.2 Å². The first kappa shape index (κ1) is 14.4. The van der Waals surface area contributed by atoms with Crippen molar-refractivity contribution in [1.29, 1.82) is 0 Å². The quantitative estimate of drug-likeness (QED) is 0.877. The highest BCUT2D eigenvalue weighted by Crippen LogP contribution is 2.25. The van der Waals surface area contributed by atoms with Gasteiger partial charge in [0.2, 0.25) is 0 Å². The fourth-order valence-corrected chi connectivity index (χ4v) is 2.32. The Morgan fingerprint density at radius 2 is 2.20 bits per heavy atom. The Morgan fingerprint density at radius 1 is 1.55 bits per heavy atom. The van der Waals surface area contributed by atoms with Gasteiger partial charge in [0.25, 0.3) is 0 Å². The predicted octanol–water partition coefficient (Wildman–Crippen LogP) is 0.624. The van der Waals surface area contributed by atoms with E-state index >= 15 is 0 Å². The van der Waals surface area contributed by atoms with E-state index in [0.29, 0.717) is 19.6 Å². The van der Waals surface area contributed by atoms with Crippen LogP contribution in [0.15, 0.2) is 12.4 Å². The number of amides is 2. The minimum absolute atomic E-state index is 0.0586. The lowest BCUT2D eigenvalue weighted by atomic mass is 9.87. The maximum absolute atomic E-state index is 12.2. The van der Waals surface area contributed by atoms with Gasteiger partial charge in [0, 0.05) is 44.9 Å². The van der Waals surface area contributed by atoms with Gasteiger partial charge in [-0.25, -0.2) is 4.79 Å². The first-order valence-corrected chi connectivity index (χ1v) is 6.59. The average molecular weight is 280 g/mol. The topological polar surface area (TPSA) is 78.7 Å². The number of aryl methyl sites for hydroxylation is 1. The molecule has 0 aliphatic carbocycles. The molecule has 0 radical (unpaired) electrons. The van der Waals surface area contributed by atoms with Gasteiger partial charge in [0.15, 0.2) is 0 Å². The second-order valence-corrected chi connectivity index (χ2v) is 5.45. The molecule has 1 saturated heterocycles. The van der Waals surface area contributed by atoms with Crippen molar-refractivity contribution in [3.05, 3.63) is 18.0 Å². The van der Waals surface area contributed by atoms with Crippen molar-refractivity contribution in [1.82, 2.24) is 19.6 Å². The number of hydrogen-bond donors (Lipinski definition) is 1. The lowest BCUT2D eigenvalue weighted by molar-refractivity contribution is -0.144. The summed E-state index contributed by atoms with van der Waals surface area (Å²) in [6.45, 7) is 3.23. The molecule has 1 aliphatic heterocycles. The molecule has 2 amide bonds. The molecule has 20 heavy (non-hydrogen) atoms. The van der Waals surface area contributed by atoms with Crippen LogP contribution in [0.5, 0.6) is 0 Å². The van der Waals surface area contributed by atoms with Crippen LogP contribution in [0.1, 0.15) is 12.5 Å². The molecule has 110 valence electrons. The van der Waals surface area contributed by atoms with Crippen LogP contribution in [0.4, 0.5) is 4.79 Å². The number of carbonyl (C=O) groups excluding carboxylic acids is 1. The summed E-state index contributed by atoms with van der Waals surface area (Å²) in [4.78, 5) is 26.3. The predicted molar refractivity (Wildman–Crippen MR) is 71.9 cm³/mol. The first-order valence-electron chi connectivity index (χ1n) is 6.59. The summed E-state index contributed by atoms with van der Waals surface area (Å²) in [5, 5.41) is 13.0. The van der Waals surface area contributed by atoms with E-state index in [4.69, 9.17) is 5.11 Å². The van der Waals surface area contributed by atoms with E-state index in [1.165, 1.54) is 0 Å². The second-order valence-electron chi connectivity index (χ2n) is 5.45. The SMILES string of the molecule is CC(C(=O)O)C1CN(C(=O)N(C)Cc2cnn(C)c2)C1. The van der Waals surface area contributed by atoms with Crippen molar-refractivity contribution >= 4 is 12.0 Å². The minimum Gasteiger partial charge on any atom is -0.481 e. The normalized spacial score (nSPS) is 16.6. The zero-order chi connectivity index (χ0) is 14.9. The summed E-state index contributed by atoms with van der Waals surface area (Å²) in [7, 11) is 3.57. The number of carbonyl (C=O) groups is 2. The highest BCUT2D eigenvalue weighted by molar-refractivity contribution is 5.76. The molecule has 1 aromatic rings. The van der Waals surface area contributed by atoms with Crippen molar-refractivity contribution in [2.45, 2.75) is 13.5 Å². The summed E-state index contributed by atoms with van der Waals surface area (Å²) in [5.74, 6) is -1.14. The van der Waals surface area contributed by atoms with Gasteiger partial charge in [0.1, 0.15) is 0 Å². The van der Waals surface area contributed by atoms with Crippen LogP contribution in [0.2, 0.25) is 0 Å². The number of carboxylic acid groups (broad SMARTS) is 1. The highest BCUT2D eigenvalue weighted by Gasteiger charge is 2.38. The van der Waals surface area contributed by atoms with E-state index in [-0.39, 0.29) is 11.9 Å². The maximum atomic E-state index is 12.2. The largest absolute Gasteiger partial charge is 0.481 e. The van der Waals surface area contributed by atoms with Gasteiger partial charge >= 0.3 is 12.0 Å². The Hall–Kier alpha value is -2.05. The number of likely N-dealkylation sites (tertiary alicyclic amines) is 1. The van der Waals surface area contributed by atoms with Gasteiger partial charge in [0.05, 0.1) is 18.7 Å². The van der Waals surface area contributed by atoms with Crippen LogP contribution >= 0.6 is 0 Å². The van der Waals surface area contributed by atoms with Gasteiger partial charge < -0.3 is 14.9 Å². The van der Waals surface area contributed by atoms with Crippen molar-refractivity contribution in [2.24, 2.45) is 18.9 Å². The van der Waals surface area contributed by atoms with Crippen molar-refractivity contribution in [3.8, 4) is 0 Å². The molecule has 2 heterocycles. The van der Waals surface area contributed by atoms with Crippen LogP contribution < -0.4 is 0 Å². The second kappa shape index (κ2) is 5.52. The van der Waals surface area contributed by atoms with Gasteiger partial charge in [-0.1, -0.05) is 6.92 Å². The Morgan fingerprint density at radius 3 is 2.70 bits per heavy atom. The molecular formula is C13H20N4O3. The molecule has 1 atom stereocenters. The summed E-state index contributed by atoms with van der Waals surface area (Å²) < 4.78 is 1.70. The van der Waals surface area contributed by atoms with Gasteiger partial charge in [-0.3, -0.25) is 9.48 Å². The molecule has 1 N–H and O–H groups in total. The van der Waals surface area contributed by atoms with E-state index < -0.39 is 11.9 Å². The van der Waals surface area contributed by atoms with Crippen LogP contribution in [0, 0.1) is 11.8 Å². The zero-order valence-electron chi connectivity index (χ0n) is 12.0. The number of rotatable bonds is 4. The number of hydrogen-bond acceptors (Lipinski definition) is 3. The molecule has 1 aromatic heterocycles. The fraction of sp³-hybridized carbons (Fsp3) is 0.615. The maximum Gasteiger partial charge on any atom is 0.320 e. The minimum atomic E-state index is -0.800. The van der Waals surface area contributed by atoms with Crippen LogP contribution in [0.25, 0.3) is 0 Å². The molecule has 7 heteroatoms. The number of carboxylic acids is 1. The van der Waals surface area contributed by atoms with Crippen molar-refractivity contribution in [3.63, 3.8) is 0 Å². The lowest BCUT2D eigenvalue weighted by Crippen LogP contribution is -2.56. The fourth-order valence-electron chi connectivity index (χ4n) is 2.32. The monoisotopic (exact) mass is 280 g/mol. The first-order chi connectivity index (χ1) is 9.38. The van der Waals surface area contributed by atoms with Gasteiger partial charge in [-0.15, -0.1) is 0 Å². The zero-order valence-corrected chi connectivity index (χ0v) is 12.0. The molecule has 1 fully saturated rings. The highest BCUT2D eigenvalue weighted by atomic mass is 16.4. The van der Waals surface area contributed by atoms with Crippen LogP contribution in [-0.4, -0.2) is 56.8 Å². The lowest BCUT2D eigenvalue weighted by Gasteiger charge is -2.42. The Balaban J connectivity index is 1.82.